The molecule has 1 aliphatic carbocycles. The second kappa shape index (κ2) is 14.0. The van der Waals surface area contributed by atoms with Gasteiger partial charge in [-0.15, -0.1) is 10.2 Å². The van der Waals surface area contributed by atoms with E-state index in [0.717, 1.165) is 12.8 Å². The number of phosphoric ester groups is 1. The summed E-state index contributed by atoms with van der Waals surface area (Å²) in [4.78, 5) is 62.6. The van der Waals surface area contributed by atoms with Crippen LogP contribution in [0.1, 0.15) is 39.1 Å². The average molecular weight is 667 g/mol. The molecule has 2 aromatic heterocycles. The number of nitrogens with zero attached hydrogens (tertiary/aromatic N) is 6. The SMILES string of the molecule is CNC(=O)c1cn(COC(=O)c2ccc(COP(=O)(O)O)cc2)c(NC(=O)C2CC2)cc1=Nc1cccc(-c2nnn(C)n2)c1OC. The number of pyridine rings is 1. The number of carbonyl (C=O) groups is 3. The summed E-state index contributed by atoms with van der Waals surface area (Å²) in [7, 11) is -0.106. The van der Waals surface area contributed by atoms with Crippen LogP contribution in [0.15, 0.2) is 59.7 Å². The smallest absolute Gasteiger partial charge is 0.469 e. The summed E-state index contributed by atoms with van der Waals surface area (Å²) >= 11 is 0. The number of amides is 2. The van der Waals surface area contributed by atoms with Gasteiger partial charge in [-0.05, 0) is 47.9 Å². The van der Waals surface area contributed by atoms with Crippen molar-refractivity contribution in [3.8, 4) is 17.1 Å². The van der Waals surface area contributed by atoms with Gasteiger partial charge in [0.2, 0.25) is 11.7 Å². The van der Waals surface area contributed by atoms with Crippen molar-refractivity contribution in [3.63, 3.8) is 0 Å². The largest absolute Gasteiger partial charge is 0.494 e. The maximum atomic E-state index is 13.1. The van der Waals surface area contributed by atoms with Gasteiger partial charge in [0.25, 0.3) is 5.91 Å². The number of tetrazole rings is 1. The highest BCUT2D eigenvalue weighted by Gasteiger charge is 2.30. The first kappa shape index (κ1) is 33.2. The Kier molecular flexibility index (Phi) is 9.91. The number of anilines is 1. The molecular weight excluding hydrogens is 635 g/mol. The summed E-state index contributed by atoms with van der Waals surface area (Å²) in [6.07, 6.45) is 2.89. The maximum absolute atomic E-state index is 13.1. The molecule has 4 N–H and O–H groups in total. The van der Waals surface area contributed by atoms with Gasteiger partial charge in [0.05, 0.1) is 42.8 Å². The van der Waals surface area contributed by atoms with E-state index in [9.17, 15) is 18.9 Å². The minimum absolute atomic E-state index is 0.104. The third-order valence-corrected chi connectivity index (χ3v) is 7.39. The van der Waals surface area contributed by atoms with Crippen LogP contribution in [0, 0.1) is 5.92 Å². The third-order valence-electron chi connectivity index (χ3n) is 6.93. The molecule has 18 heteroatoms. The molecule has 1 saturated carbocycles. The Bertz CT molecular complexity index is 1930. The van der Waals surface area contributed by atoms with Crippen molar-refractivity contribution in [1.29, 1.82) is 0 Å². The van der Waals surface area contributed by atoms with Crippen LogP contribution >= 0.6 is 7.82 Å². The summed E-state index contributed by atoms with van der Waals surface area (Å²) in [6, 6.07) is 12.4. The maximum Gasteiger partial charge on any atom is 0.469 e. The molecule has 1 fully saturated rings. The van der Waals surface area contributed by atoms with Gasteiger partial charge in [-0.2, -0.15) is 4.80 Å². The number of benzene rings is 2. The van der Waals surface area contributed by atoms with E-state index in [-0.39, 0.29) is 47.5 Å². The molecule has 2 amide bonds. The van der Waals surface area contributed by atoms with Crippen molar-refractivity contribution < 1.29 is 42.7 Å². The van der Waals surface area contributed by atoms with E-state index in [1.807, 2.05) is 0 Å². The molecule has 246 valence electrons. The lowest BCUT2D eigenvalue weighted by molar-refractivity contribution is -0.117. The van der Waals surface area contributed by atoms with Gasteiger partial charge in [0.15, 0.2) is 12.5 Å². The summed E-state index contributed by atoms with van der Waals surface area (Å²) in [5.74, 6) is -0.758. The Hall–Kier alpha value is -5.22. The van der Waals surface area contributed by atoms with E-state index in [2.05, 4.69) is 30.6 Å². The summed E-state index contributed by atoms with van der Waals surface area (Å²) in [6.45, 7) is -0.740. The van der Waals surface area contributed by atoms with Crippen LogP contribution < -0.4 is 20.7 Å². The van der Waals surface area contributed by atoms with Crippen molar-refractivity contribution in [2.24, 2.45) is 18.0 Å². The predicted molar refractivity (Wildman–Crippen MR) is 164 cm³/mol. The number of para-hydroxylation sites is 1. The first-order valence-electron chi connectivity index (χ1n) is 14.2. The number of aromatic nitrogens is 5. The van der Waals surface area contributed by atoms with Crippen LogP contribution in [0.25, 0.3) is 11.4 Å². The topological polar surface area (TPSA) is 221 Å². The van der Waals surface area contributed by atoms with E-state index >= 15 is 0 Å². The Morgan fingerprint density at radius 2 is 1.87 bits per heavy atom. The molecule has 0 unspecified atom stereocenters. The Morgan fingerprint density at radius 1 is 1.13 bits per heavy atom. The van der Waals surface area contributed by atoms with E-state index in [4.69, 9.17) is 24.3 Å². The van der Waals surface area contributed by atoms with Gasteiger partial charge >= 0.3 is 13.8 Å². The minimum Gasteiger partial charge on any atom is -0.494 e. The zero-order valence-corrected chi connectivity index (χ0v) is 26.4. The minimum atomic E-state index is -4.65. The number of esters is 1. The lowest BCUT2D eigenvalue weighted by Crippen LogP contribution is -2.29. The highest BCUT2D eigenvalue weighted by molar-refractivity contribution is 7.46. The van der Waals surface area contributed by atoms with Crippen LogP contribution in [0.2, 0.25) is 0 Å². The van der Waals surface area contributed by atoms with Crippen molar-refractivity contribution in [3.05, 3.63) is 76.8 Å². The zero-order valence-electron chi connectivity index (χ0n) is 25.5. The van der Waals surface area contributed by atoms with E-state index in [0.29, 0.717) is 28.4 Å². The molecule has 1 aliphatic rings. The summed E-state index contributed by atoms with van der Waals surface area (Å²) in [5, 5.41) is 17.8. The monoisotopic (exact) mass is 666 g/mol. The molecule has 0 atom stereocenters. The van der Waals surface area contributed by atoms with Crippen LogP contribution in [-0.4, -0.2) is 66.5 Å². The van der Waals surface area contributed by atoms with E-state index in [1.165, 1.54) is 60.0 Å². The molecule has 0 radical (unpaired) electrons. The second-order valence-corrected chi connectivity index (χ2v) is 11.6. The van der Waals surface area contributed by atoms with Gasteiger partial charge in [0.1, 0.15) is 11.5 Å². The van der Waals surface area contributed by atoms with Gasteiger partial charge in [-0.25, -0.2) is 14.4 Å². The fourth-order valence-electron chi connectivity index (χ4n) is 4.40. The quantitative estimate of drug-likeness (QED) is 0.126. The van der Waals surface area contributed by atoms with Gasteiger partial charge in [-0.1, -0.05) is 18.2 Å². The van der Waals surface area contributed by atoms with Crippen LogP contribution in [0.3, 0.4) is 0 Å². The van der Waals surface area contributed by atoms with Gasteiger partial charge in [-0.3, -0.25) is 18.7 Å². The highest BCUT2D eigenvalue weighted by atomic mass is 31.2. The van der Waals surface area contributed by atoms with Crippen molar-refractivity contribution >= 4 is 37.1 Å². The van der Waals surface area contributed by atoms with Crippen molar-refractivity contribution in [2.75, 3.05) is 19.5 Å². The van der Waals surface area contributed by atoms with Gasteiger partial charge < -0.3 is 29.9 Å². The van der Waals surface area contributed by atoms with Gasteiger partial charge in [0, 0.05) is 25.2 Å². The number of ether oxygens (including phenoxy) is 2. The van der Waals surface area contributed by atoms with Crippen LogP contribution in [-0.2, 0) is 39.0 Å². The lowest BCUT2D eigenvalue weighted by Gasteiger charge is -2.17. The number of nitrogens with one attached hydrogen (secondary N) is 2. The molecule has 0 spiro atoms. The standard InChI is InChI=1S/C29H31N8O9P/c1-30-28(39)21-14-37(16-45-29(40)19-9-7-17(8-10-19)15-46-47(41,42)43)24(32-27(38)18-11-12-18)13-23(21)31-22-6-4-5-20(25(22)44-3)26-33-35-36(2)34-26/h4-10,13-14,18H,11-12,15-16H2,1-3H3,(H,30,39)(H,32,38)(H2,41,42,43). The Labute approximate surface area is 267 Å². The highest BCUT2D eigenvalue weighted by Crippen LogP contribution is 2.37. The number of rotatable bonds is 12. The fourth-order valence-corrected chi connectivity index (χ4v) is 4.72. The first-order valence-corrected chi connectivity index (χ1v) is 15.7. The fraction of sp³-hybridized carbons (Fsp3) is 0.276. The predicted octanol–water partition coefficient (Wildman–Crippen LogP) is 2.05. The number of aryl methyl sites for hydroxylation is 1. The average Bonchev–Trinajstić information content (AvgIpc) is 3.82. The number of phosphoric acid groups is 1. The summed E-state index contributed by atoms with van der Waals surface area (Å²) in [5.41, 5.74) is 1.55. The zero-order chi connectivity index (χ0) is 33.7. The molecule has 17 nitrogen and oxygen atoms in total. The van der Waals surface area contributed by atoms with Crippen molar-refractivity contribution in [1.82, 2.24) is 30.1 Å². The Balaban J connectivity index is 1.49. The second-order valence-electron chi connectivity index (χ2n) is 10.4. The molecule has 5 rings (SSSR count). The molecular formula is C29H31N8O9P. The number of methoxy groups -OCH3 is 1. The molecule has 0 aliphatic heterocycles. The van der Waals surface area contributed by atoms with Crippen LogP contribution in [0.4, 0.5) is 11.5 Å². The molecule has 47 heavy (non-hydrogen) atoms. The van der Waals surface area contributed by atoms with E-state index in [1.54, 1.807) is 25.2 Å². The van der Waals surface area contributed by atoms with E-state index < -0.39 is 19.7 Å². The third kappa shape index (κ3) is 8.33. The molecule has 2 aromatic carbocycles. The molecule has 0 bridgehead atoms. The summed E-state index contributed by atoms with van der Waals surface area (Å²) < 4.78 is 28.0. The van der Waals surface area contributed by atoms with Crippen LogP contribution in [0.5, 0.6) is 5.75 Å². The molecule has 4 aromatic rings. The molecule has 0 saturated heterocycles. The first-order chi connectivity index (χ1) is 22.5. The number of hydrogen-bond donors (Lipinski definition) is 4. The molecule has 2 heterocycles. The number of carbonyl (C=O) groups excluding carboxylic acids is 3. The number of hydrogen-bond acceptors (Lipinski definition) is 11. The lowest BCUT2D eigenvalue weighted by atomic mass is 10.1. The normalized spacial score (nSPS) is 13.3. The van der Waals surface area contributed by atoms with Crippen molar-refractivity contribution in [2.45, 2.75) is 26.2 Å². The Morgan fingerprint density at radius 3 is 2.49 bits per heavy atom.